The fraction of sp³-hybridized carbons (Fsp3) is 0.953. The van der Waals surface area contributed by atoms with Gasteiger partial charge in [-0.25, -0.2) is 0 Å². The van der Waals surface area contributed by atoms with Crippen LogP contribution < -0.4 is 0 Å². The largest absolute Gasteiger partial charge is 0.462 e. The number of aliphatic hydroxyl groups excluding tert-OH is 1. The first-order valence-electron chi connectivity index (χ1n) is 21.6. The molecule has 0 saturated carbocycles. The van der Waals surface area contributed by atoms with Crippen molar-refractivity contribution in [3.05, 3.63) is 0 Å². The first-order chi connectivity index (χ1) is 23.6. The van der Waals surface area contributed by atoms with Gasteiger partial charge < -0.3 is 14.6 Å². The Labute approximate surface area is 299 Å². The van der Waals surface area contributed by atoms with Crippen LogP contribution in [0.15, 0.2) is 0 Å². The molecular formula is C43H84O5. The lowest BCUT2D eigenvalue weighted by Crippen LogP contribution is -2.28. The lowest BCUT2D eigenvalue weighted by molar-refractivity contribution is -0.161. The fourth-order valence-electron chi connectivity index (χ4n) is 6.62. The minimum absolute atomic E-state index is 0.0570. The second kappa shape index (κ2) is 40.3. The number of unbranched alkanes of at least 4 members (excludes halogenated alkanes) is 32. The summed E-state index contributed by atoms with van der Waals surface area (Å²) in [5.74, 6) is -0.575. The van der Waals surface area contributed by atoms with Crippen molar-refractivity contribution in [3.8, 4) is 0 Å². The Hall–Kier alpha value is -1.10. The van der Waals surface area contributed by atoms with Crippen LogP contribution in [0.1, 0.15) is 245 Å². The monoisotopic (exact) mass is 681 g/mol. The second-order valence-electron chi connectivity index (χ2n) is 14.8. The van der Waals surface area contributed by atoms with Gasteiger partial charge in [-0.05, 0) is 12.8 Å². The summed E-state index contributed by atoms with van der Waals surface area (Å²) in [7, 11) is 0. The lowest BCUT2D eigenvalue weighted by atomic mass is 10.0. The van der Waals surface area contributed by atoms with Crippen LogP contribution in [0.5, 0.6) is 0 Å². The molecule has 0 aliphatic heterocycles. The van der Waals surface area contributed by atoms with E-state index in [1.165, 1.54) is 186 Å². The summed E-state index contributed by atoms with van der Waals surface area (Å²) in [5.41, 5.74) is 0. The summed E-state index contributed by atoms with van der Waals surface area (Å²) in [6.45, 7) is 4.16. The molecule has 0 aliphatic carbocycles. The van der Waals surface area contributed by atoms with Crippen LogP contribution in [0, 0.1) is 0 Å². The molecule has 286 valence electrons. The van der Waals surface area contributed by atoms with Crippen LogP contribution in [-0.4, -0.2) is 36.4 Å². The van der Waals surface area contributed by atoms with E-state index in [-0.39, 0.29) is 25.2 Å². The molecule has 0 aliphatic rings. The number of aliphatic hydroxyl groups is 1. The summed E-state index contributed by atoms with van der Waals surface area (Å²) in [4.78, 5) is 24.2. The molecule has 5 nitrogen and oxygen atoms in total. The van der Waals surface area contributed by atoms with Crippen LogP contribution in [0.25, 0.3) is 0 Å². The molecule has 0 bridgehead atoms. The van der Waals surface area contributed by atoms with Crippen LogP contribution in [0.2, 0.25) is 0 Å². The number of carbonyl (C=O) groups is 2. The van der Waals surface area contributed by atoms with Crippen LogP contribution in [-0.2, 0) is 19.1 Å². The minimum Gasteiger partial charge on any atom is -0.462 e. The quantitative estimate of drug-likeness (QED) is 0.0515. The van der Waals surface area contributed by atoms with Gasteiger partial charge in [-0.1, -0.05) is 219 Å². The molecule has 0 fully saturated rings. The number of hydrogen-bond acceptors (Lipinski definition) is 5. The van der Waals surface area contributed by atoms with Crippen molar-refractivity contribution >= 4 is 11.9 Å². The summed E-state index contributed by atoms with van der Waals surface area (Å²) >= 11 is 0. The Morgan fingerprint density at radius 1 is 0.396 bits per heavy atom. The first-order valence-corrected chi connectivity index (χ1v) is 21.6. The summed E-state index contributed by atoms with van der Waals surface area (Å²) in [6.07, 6.45) is 44.7. The molecular weight excluding hydrogens is 596 g/mol. The second-order valence-corrected chi connectivity index (χ2v) is 14.8. The van der Waals surface area contributed by atoms with Gasteiger partial charge >= 0.3 is 11.9 Å². The maximum atomic E-state index is 12.2. The molecule has 0 spiro atoms. The highest BCUT2D eigenvalue weighted by Gasteiger charge is 2.16. The van der Waals surface area contributed by atoms with Crippen molar-refractivity contribution in [2.24, 2.45) is 0 Å². The van der Waals surface area contributed by atoms with Crippen molar-refractivity contribution in [1.82, 2.24) is 0 Å². The van der Waals surface area contributed by atoms with E-state index < -0.39 is 6.10 Å². The molecule has 1 N–H and O–H groups in total. The molecule has 0 amide bonds. The number of hydrogen-bond donors (Lipinski definition) is 1. The van der Waals surface area contributed by atoms with E-state index in [2.05, 4.69) is 13.8 Å². The van der Waals surface area contributed by atoms with Crippen LogP contribution in [0.4, 0.5) is 0 Å². The van der Waals surface area contributed by atoms with Gasteiger partial charge in [-0.15, -0.1) is 0 Å². The van der Waals surface area contributed by atoms with Gasteiger partial charge in [0.25, 0.3) is 0 Å². The highest BCUT2D eigenvalue weighted by molar-refractivity contribution is 5.70. The fourth-order valence-corrected chi connectivity index (χ4v) is 6.62. The van der Waals surface area contributed by atoms with Gasteiger partial charge in [-0.2, -0.15) is 0 Å². The molecule has 0 aromatic rings. The van der Waals surface area contributed by atoms with Crippen LogP contribution >= 0.6 is 0 Å². The predicted octanol–water partition coefficient (Wildman–Crippen LogP) is 13.5. The van der Waals surface area contributed by atoms with Gasteiger partial charge in [0.2, 0.25) is 0 Å². The van der Waals surface area contributed by atoms with E-state index in [1.807, 2.05) is 0 Å². The Kier molecular flexibility index (Phi) is 39.4. The van der Waals surface area contributed by atoms with Gasteiger partial charge in [0.05, 0.1) is 6.61 Å². The molecule has 0 aromatic carbocycles. The minimum atomic E-state index is -0.761. The zero-order valence-corrected chi connectivity index (χ0v) is 32.5. The van der Waals surface area contributed by atoms with Gasteiger partial charge in [0.1, 0.15) is 6.61 Å². The molecule has 1 unspecified atom stereocenters. The molecule has 0 aromatic heterocycles. The normalized spacial score (nSPS) is 12.0. The van der Waals surface area contributed by atoms with Gasteiger partial charge in [0.15, 0.2) is 6.10 Å². The zero-order chi connectivity index (χ0) is 35.0. The van der Waals surface area contributed by atoms with Crippen molar-refractivity contribution < 1.29 is 24.2 Å². The standard InChI is InChI=1S/C43H84O5/c1-3-5-7-9-11-13-15-16-17-18-19-20-21-22-23-24-25-26-28-30-32-34-36-38-43(46)48-41(39-44)40-47-42(45)37-35-33-31-29-27-14-12-10-8-6-4-2/h41,44H,3-40H2,1-2H3. The average Bonchev–Trinajstić information content (AvgIpc) is 3.09. The topological polar surface area (TPSA) is 72.8 Å². The molecule has 0 heterocycles. The predicted molar refractivity (Wildman–Crippen MR) is 205 cm³/mol. The van der Waals surface area contributed by atoms with E-state index in [0.29, 0.717) is 12.8 Å². The third-order valence-corrected chi connectivity index (χ3v) is 9.90. The third-order valence-electron chi connectivity index (χ3n) is 9.90. The first kappa shape index (κ1) is 46.9. The van der Waals surface area contributed by atoms with Crippen molar-refractivity contribution in [2.75, 3.05) is 13.2 Å². The summed E-state index contributed by atoms with van der Waals surface area (Å²) < 4.78 is 10.6. The van der Waals surface area contributed by atoms with Crippen molar-refractivity contribution in [3.63, 3.8) is 0 Å². The molecule has 5 heteroatoms. The molecule has 0 rings (SSSR count). The smallest absolute Gasteiger partial charge is 0.306 e. The summed E-state index contributed by atoms with van der Waals surface area (Å²) in [5, 5.41) is 9.55. The van der Waals surface area contributed by atoms with E-state index in [0.717, 1.165) is 32.1 Å². The SMILES string of the molecule is CCCCCCCCCCCCCCCCCCCCCCCCCC(=O)OC(CO)COC(=O)CCCCCCCCCCCCC. The third kappa shape index (κ3) is 37.7. The number of carbonyl (C=O) groups excluding carboxylic acids is 2. The summed E-state index contributed by atoms with van der Waals surface area (Å²) in [6, 6.07) is 0. The van der Waals surface area contributed by atoms with Crippen LogP contribution in [0.3, 0.4) is 0 Å². The molecule has 0 radical (unpaired) electrons. The molecule has 0 saturated heterocycles. The van der Waals surface area contributed by atoms with Gasteiger partial charge in [-0.3, -0.25) is 9.59 Å². The highest BCUT2D eigenvalue weighted by Crippen LogP contribution is 2.16. The zero-order valence-electron chi connectivity index (χ0n) is 32.5. The Balaban J connectivity index is 3.42. The maximum Gasteiger partial charge on any atom is 0.306 e. The van der Waals surface area contributed by atoms with E-state index in [4.69, 9.17) is 9.47 Å². The van der Waals surface area contributed by atoms with E-state index in [1.54, 1.807) is 0 Å². The lowest BCUT2D eigenvalue weighted by Gasteiger charge is -2.15. The van der Waals surface area contributed by atoms with E-state index in [9.17, 15) is 14.7 Å². The van der Waals surface area contributed by atoms with E-state index >= 15 is 0 Å². The van der Waals surface area contributed by atoms with Crippen molar-refractivity contribution in [2.45, 2.75) is 251 Å². The highest BCUT2D eigenvalue weighted by atomic mass is 16.6. The molecule has 48 heavy (non-hydrogen) atoms. The number of esters is 2. The molecule has 1 atom stereocenters. The Bertz CT molecular complexity index is 651. The average molecular weight is 681 g/mol. The Morgan fingerprint density at radius 2 is 0.646 bits per heavy atom. The number of ether oxygens (including phenoxy) is 2. The maximum absolute atomic E-state index is 12.2. The van der Waals surface area contributed by atoms with Gasteiger partial charge in [0, 0.05) is 12.8 Å². The number of rotatable bonds is 40. The van der Waals surface area contributed by atoms with Crippen molar-refractivity contribution in [1.29, 1.82) is 0 Å². The Morgan fingerprint density at radius 3 is 0.917 bits per heavy atom.